The lowest BCUT2D eigenvalue weighted by molar-refractivity contribution is -0.122. The smallest absolute Gasteiger partial charge is 0.220 e. The van der Waals surface area contributed by atoms with Gasteiger partial charge in [-0.3, -0.25) is 4.79 Å². The van der Waals surface area contributed by atoms with Crippen LogP contribution in [0, 0.1) is 0 Å². The average molecular weight is 327 g/mol. The second-order valence-electron chi connectivity index (χ2n) is 5.91. The van der Waals surface area contributed by atoms with Gasteiger partial charge in [0.2, 0.25) is 5.91 Å². The summed E-state index contributed by atoms with van der Waals surface area (Å²) in [5.74, 6) is 1.12. The minimum atomic E-state index is 0. The largest absolute Gasteiger partial charge is 0.496 e. The van der Waals surface area contributed by atoms with Crippen LogP contribution in [0.15, 0.2) is 24.3 Å². The van der Waals surface area contributed by atoms with Gasteiger partial charge in [-0.25, -0.2) is 0 Å². The number of benzene rings is 1. The summed E-state index contributed by atoms with van der Waals surface area (Å²) in [6.07, 6.45) is 2.67. The van der Waals surface area contributed by atoms with Crippen LogP contribution >= 0.6 is 12.4 Å². The van der Waals surface area contributed by atoms with Gasteiger partial charge in [0.1, 0.15) is 5.75 Å². The Morgan fingerprint density at radius 3 is 2.86 bits per heavy atom. The summed E-state index contributed by atoms with van der Waals surface area (Å²) in [6, 6.07) is 8.50. The van der Waals surface area contributed by atoms with Crippen molar-refractivity contribution >= 4 is 18.3 Å². The Balaban J connectivity index is 0.00000242. The Morgan fingerprint density at radius 1 is 1.45 bits per heavy atom. The monoisotopic (exact) mass is 326 g/mol. The van der Waals surface area contributed by atoms with Gasteiger partial charge in [0.05, 0.1) is 7.11 Å². The molecule has 124 valence electrons. The van der Waals surface area contributed by atoms with E-state index in [0.717, 1.165) is 30.7 Å². The Labute approximate surface area is 139 Å². The minimum absolute atomic E-state index is 0. The molecule has 0 spiro atoms. The van der Waals surface area contributed by atoms with Crippen LogP contribution in [-0.2, 0) is 4.79 Å². The maximum Gasteiger partial charge on any atom is 0.220 e. The number of carbonyl (C=O) groups is 1. The lowest BCUT2D eigenvalue weighted by atomic mass is 9.95. The molecule has 1 amide bonds. The molecule has 1 saturated heterocycles. The number of rotatable bonds is 5. The van der Waals surface area contributed by atoms with E-state index in [1.807, 2.05) is 24.3 Å². The molecule has 1 aromatic rings. The van der Waals surface area contributed by atoms with Crippen molar-refractivity contribution in [2.45, 2.75) is 51.1 Å². The van der Waals surface area contributed by atoms with Gasteiger partial charge in [0.25, 0.3) is 0 Å². The first-order valence-corrected chi connectivity index (χ1v) is 7.77. The van der Waals surface area contributed by atoms with Gasteiger partial charge in [-0.05, 0) is 43.9 Å². The quantitative estimate of drug-likeness (QED) is 0.874. The molecule has 1 heterocycles. The van der Waals surface area contributed by atoms with E-state index in [4.69, 9.17) is 4.74 Å². The highest BCUT2D eigenvalue weighted by Gasteiger charge is 2.23. The Morgan fingerprint density at radius 2 is 2.18 bits per heavy atom. The van der Waals surface area contributed by atoms with Crippen LogP contribution in [0.4, 0.5) is 0 Å². The van der Waals surface area contributed by atoms with E-state index in [0.29, 0.717) is 12.5 Å². The Bertz CT molecular complexity index is 481. The fraction of sp³-hybridized carbons (Fsp3) is 0.588. The molecule has 0 radical (unpaired) electrons. The summed E-state index contributed by atoms with van der Waals surface area (Å²) in [6.45, 7) is 5.25. The predicted octanol–water partition coefficient (Wildman–Crippen LogP) is 2.87. The third-order valence-corrected chi connectivity index (χ3v) is 4.27. The average Bonchev–Trinajstić information content (AvgIpc) is 2.49. The van der Waals surface area contributed by atoms with E-state index < -0.39 is 0 Å². The van der Waals surface area contributed by atoms with Crippen LogP contribution < -0.4 is 15.4 Å². The number of methoxy groups -OCH3 is 1. The number of halogens is 1. The molecular weight excluding hydrogens is 300 g/mol. The predicted molar refractivity (Wildman–Crippen MR) is 91.9 cm³/mol. The Kier molecular flexibility index (Phi) is 7.69. The minimum Gasteiger partial charge on any atom is -0.496 e. The molecule has 1 aliphatic rings. The van der Waals surface area contributed by atoms with Gasteiger partial charge in [-0.1, -0.05) is 25.1 Å². The molecule has 3 unspecified atom stereocenters. The van der Waals surface area contributed by atoms with Crippen LogP contribution in [-0.4, -0.2) is 31.6 Å². The second kappa shape index (κ2) is 9.01. The van der Waals surface area contributed by atoms with Crippen molar-refractivity contribution in [3.63, 3.8) is 0 Å². The first kappa shape index (κ1) is 18.8. The van der Waals surface area contributed by atoms with Crippen LogP contribution in [0.3, 0.4) is 0 Å². The fourth-order valence-corrected chi connectivity index (χ4v) is 2.97. The van der Waals surface area contributed by atoms with Crippen LogP contribution in [0.2, 0.25) is 0 Å². The molecule has 22 heavy (non-hydrogen) atoms. The molecule has 1 fully saturated rings. The zero-order chi connectivity index (χ0) is 15.2. The van der Waals surface area contributed by atoms with Gasteiger partial charge in [-0.2, -0.15) is 0 Å². The molecule has 1 aromatic carbocycles. The standard InChI is InChI=1S/C17H26N2O2.ClH/c1-12(14-7-4-5-9-16(14)21-3)11-17(20)19-15-8-6-10-18-13(15)2;/h4-5,7,9,12-13,15,18H,6,8,10-11H2,1-3H3,(H,19,20);1H. The number of piperidine rings is 1. The topological polar surface area (TPSA) is 50.4 Å². The summed E-state index contributed by atoms with van der Waals surface area (Å²) in [4.78, 5) is 12.3. The molecule has 0 aliphatic carbocycles. The number of para-hydroxylation sites is 1. The van der Waals surface area contributed by atoms with Crippen molar-refractivity contribution in [3.8, 4) is 5.75 Å². The van der Waals surface area contributed by atoms with Gasteiger partial charge >= 0.3 is 0 Å². The van der Waals surface area contributed by atoms with Crippen LogP contribution in [0.1, 0.15) is 44.6 Å². The van der Waals surface area contributed by atoms with Crippen LogP contribution in [0.5, 0.6) is 5.75 Å². The highest BCUT2D eigenvalue weighted by molar-refractivity contribution is 5.85. The molecule has 0 aromatic heterocycles. The summed E-state index contributed by atoms with van der Waals surface area (Å²) < 4.78 is 5.37. The zero-order valence-corrected chi connectivity index (χ0v) is 14.4. The SMILES string of the molecule is COc1ccccc1C(C)CC(=O)NC1CCCNC1C.Cl. The van der Waals surface area contributed by atoms with Crippen molar-refractivity contribution in [1.82, 2.24) is 10.6 Å². The van der Waals surface area contributed by atoms with Gasteiger partial charge in [0.15, 0.2) is 0 Å². The van der Waals surface area contributed by atoms with Crippen molar-refractivity contribution in [3.05, 3.63) is 29.8 Å². The third kappa shape index (κ3) is 4.89. The van der Waals surface area contributed by atoms with E-state index in [2.05, 4.69) is 24.5 Å². The number of nitrogens with one attached hydrogen (secondary N) is 2. The zero-order valence-electron chi connectivity index (χ0n) is 13.6. The molecule has 0 saturated carbocycles. The molecule has 4 nitrogen and oxygen atoms in total. The maximum absolute atomic E-state index is 12.3. The Hall–Kier alpha value is -1.26. The highest BCUT2D eigenvalue weighted by Crippen LogP contribution is 2.28. The first-order valence-electron chi connectivity index (χ1n) is 7.77. The molecule has 5 heteroatoms. The van der Waals surface area contributed by atoms with Crippen molar-refractivity contribution in [2.75, 3.05) is 13.7 Å². The van der Waals surface area contributed by atoms with Gasteiger partial charge in [0, 0.05) is 18.5 Å². The molecular formula is C17H27ClN2O2. The normalized spacial score (nSPS) is 22.3. The summed E-state index contributed by atoms with van der Waals surface area (Å²) in [5, 5.41) is 6.57. The maximum atomic E-state index is 12.3. The van der Waals surface area contributed by atoms with E-state index in [-0.39, 0.29) is 30.3 Å². The number of hydrogen-bond donors (Lipinski definition) is 2. The third-order valence-electron chi connectivity index (χ3n) is 4.27. The lowest BCUT2D eigenvalue weighted by Crippen LogP contribution is -2.52. The van der Waals surface area contributed by atoms with E-state index in [1.54, 1.807) is 7.11 Å². The van der Waals surface area contributed by atoms with Crippen molar-refractivity contribution < 1.29 is 9.53 Å². The van der Waals surface area contributed by atoms with Crippen molar-refractivity contribution in [2.24, 2.45) is 0 Å². The van der Waals surface area contributed by atoms with E-state index in [9.17, 15) is 4.79 Å². The second-order valence-corrected chi connectivity index (χ2v) is 5.91. The number of ether oxygens (including phenoxy) is 1. The number of carbonyl (C=O) groups excluding carboxylic acids is 1. The van der Waals surface area contributed by atoms with Crippen molar-refractivity contribution in [1.29, 1.82) is 0 Å². The highest BCUT2D eigenvalue weighted by atomic mass is 35.5. The summed E-state index contributed by atoms with van der Waals surface area (Å²) in [5.41, 5.74) is 1.09. The van der Waals surface area contributed by atoms with E-state index >= 15 is 0 Å². The molecule has 0 bridgehead atoms. The molecule has 2 rings (SSSR count). The summed E-state index contributed by atoms with van der Waals surface area (Å²) >= 11 is 0. The fourth-order valence-electron chi connectivity index (χ4n) is 2.97. The van der Waals surface area contributed by atoms with Gasteiger partial charge in [-0.15, -0.1) is 12.4 Å². The molecule has 3 atom stereocenters. The summed E-state index contributed by atoms with van der Waals surface area (Å²) in [7, 11) is 1.67. The molecule has 1 aliphatic heterocycles. The number of amides is 1. The lowest BCUT2D eigenvalue weighted by Gasteiger charge is -2.31. The van der Waals surface area contributed by atoms with Gasteiger partial charge < -0.3 is 15.4 Å². The first-order chi connectivity index (χ1) is 10.1. The molecule has 2 N–H and O–H groups in total. The van der Waals surface area contributed by atoms with E-state index in [1.165, 1.54) is 0 Å². The van der Waals surface area contributed by atoms with Crippen LogP contribution in [0.25, 0.3) is 0 Å². The number of hydrogen-bond acceptors (Lipinski definition) is 3.